The summed E-state index contributed by atoms with van der Waals surface area (Å²) in [5, 5.41) is 0. The molecule has 0 aromatic heterocycles. The monoisotopic (exact) mass is 196 g/mol. The Balaban J connectivity index is 2.71. The molecule has 1 aromatic rings. The van der Waals surface area contributed by atoms with Crippen molar-refractivity contribution in [1.82, 2.24) is 0 Å². The van der Waals surface area contributed by atoms with Gasteiger partial charge in [-0.1, -0.05) is 39.0 Å². The topological polar surface area (TPSA) is 17.1 Å². The third-order valence-corrected chi connectivity index (χ3v) is 3.50. The summed E-state index contributed by atoms with van der Waals surface area (Å²) in [6.07, 6.45) is 0. The molecular weight excluding hydrogens is 180 g/mol. The van der Waals surface area contributed by atoms with Gasteiger partial charge in [-0.25, -0.2) is 0 Å². The second-order valence-electron chi connectivity index (χ2n) is 4.36. The van der Waals surface area contributed by atoms with Crippen molar-refractivity contribution in [2.45, 2.75) is 25.7 Å². The van der Waals surface area contributed by atoms with E-state index in [1.165, 1.54) is 0 Å². The number of benzene rings is 1. The Morgan fingerprint density at radius 3 is 2.15 bits per heavy atom. The first-order valence-electron chi connectivity index (χ1n) is 4.42. The van der Waals surface area contributed by atoms with Crippen molar-refractivity contribution in [3.63, 3.8) is 0 Å². The smallest absolute Gasteiger partial charge is 0.0534 e. The van der Waals surface area contributed by atoms with E-state index in [-0.39, 0.29) is 5.41 Å². The van der Waals surface area contributed by atoms with E-state index in [2.05, 4.69) is 20.8 Å². The molecule has 1 rings (SSSR count). The lowest BCUT2D eigenvalue weighted by atomic mass is 10.0. The summed E-state index contributed by atoms with van der Waals surface area (Å²) in [6.45, 7) is 6.32. The molecule has 0 heterocycles. The molecule has 0 radical (unpaired) electrons. The van der Waals surface area contributed by atoms with Gasteiger partial charge in [0.2, 0.25) is 0 Å². The van der Waals surface area contributed by atoms with E-state index < -0.39 is 10.8 Å². The van der Waals surface area contributed by atoms with Crippen LogP contribution in [0.15, 0.2) is 35.2 Å². The molecule has 0 amide bonds. The highest BCUT2D eigenvalue weighted by atomic mass is 32.2. The van der Waals surface area contributed by atoms with Gasteiger partial charge in [-0.05, 0) is 17.5 Å². The number of rotatable bonds is 2. The second kappa shape index (κ2) is 4.05. The third kappa shape index (κ3) is 3.73. The summed E-state index contributed by atoms with van der Waals surface area (Å²) >= 11 is 0. The second-order valence-corrected chi connectivity index (χ2v) is 5.81. The highest BCUT2D eigenvalue weighted by Crippen LogP contribution is 2.18. The molecule has 13 heavy (non-hydrogen) atoms. The lowest BCUT2D eigenvalue weighted by molar-refractivity contribution is 0.474. The average Bonchev–Trinajstić information content (AvgIpc) is 2.03. The molecule has 72 valence electrons. The van der Waals surface area contributed by atoms with Crippen molar-refractivity contribution in [2.24, 2.45) is 5.41 Å². The molecule has 0 aliphatic heterocycles. The number of hydrogen-bond donors (Lipinski definition) is 0. The molecule has 1 nitrogen and oxygen atoms in total. The average molecular weight is 196 g/mol. The van der Waals surface area contributed by atoms with Crippen LogP contribution in [-0.4, -0.2) is 9.96 Å². The van der Waals surface area contributed by atoms with Crippen LogP contribution >= 0.6 is 0 Å². The minimum absolute atomic E-state index is 0.126. The Hall–Kier alpha value is -0.630. The van der Waals surface area contributed by atoms with E-state index in [1.54, 1.807) is 0 Å². The zero-order valence-corrected chi connectivity index (χ0v) is 9.23. The van der Waals surface area contributed by atoms with Crippen LogP contribution in [0.5, 0.6) is 0 Å². The minimum Gasteiger partial charge on any atom is -0.254 e. The Morgan fingerprint density at radius 1 is 1.15 bits per heavy atom. The molecule has 0 spiro atoms. The van der Waals surface area contributed by atoms with Gasteiger partial charge in [0.15, 0.2) is 0 Å². The summed E-state index contributed by atoms with van der Waals surface area (Å²) in [7, 11) is -0.853. The fourth-order valence-electron chi connectivity index (χ4n) is 1.05. The molecule has 0 N–H and O–H groups in total. The van der Waals surface area contributed by atoms with Gasteiger partial charge in [0.05, 0.1) is 10.8 Å². The molecule has 0 fully saturated rings. The van der Waals surface area contributed by atoms with Gasteiger partial charge in [0.25, 0.3) is 0 Å². The predicted molar refractivity (Wildman–Crippen MR) is 57.2 cm³/mol. The maximum atomic E-state index is 11.8. The molecule has 0 bridgehead atoms. The van der Waals surface area contributed by atoms with Gasteiger partial charge in [-0.3, -0.25) is 4.21 Å². The van der Waals surface area contributed by atoms with Crippen molar-refractivity contribution >= 4 is 10.8 Å². The summed E-state index contributed by atoms with van der Waals surface area (Å²) in [4.78, 5) is 0.928. The van der Waals surface area contributed by atoms with Crippen LogP contribution in [0.2, 0.25) is 0 Å². The lowest BCUT2D eigenvalue weighted by Crippen LogP contribution is -2.16. The molecule has 1 atom stereocenters. The van der Waals surface area contributed by atoms with Crippen molar-refractivity contribution in [2.75, 3.05) is 5.75 Å². The minimum atomic E-state index is -0.853. The fraction of sp³-hybridized carbons (Fsp3) is 0.455. The van der Waals surface area contributed by atoms with E-state index in [4.69, 9.17) is 0 Å². The van der Waals surface area contributed by atoms with E-state index >= 15 is 0 Å². The Morgan fingerprint density at radius 2 is 1.69 bits per heavy atom. The normalized spacial score (nSPS) is 14.1. The van der Waals surface area contributed by atoms with E-state index in [9.17, 15) is 4.21 Å². The van der Waals surface area contributed by atoms with Gasteiger partial charge < -0.3 is 0 Å². The molecule has 0 unspecified atom stereocenters. The highest BCUT2D eigenvalue weighted by Gasteiger charge is 2.15. The zero-order chi connectivity index (χ0) is 9.90. The Bertz CT molecular complexity index is 285. The molecule has 0 saturated carbocycles. The van der Waals surface area contributed by atoms with Crippen molar-refractivity contribution in [3.05, 3.63) is 30.3 Å². The summed E-state index contributed by atoms with van der Waals surface area (Å²) < 4.78 is 11.8. The first kappa shape index (κ1) is 10.5. The van der Waals surface area contributed by atoms with E-state index in [0.717, 1.165) is 10.6 Å². The summed E-state index contributed by atoms with van der Waals surface area (Å²) in [5.74, 6) is 0.719. The van der Waals surface area contributed by atoms with Gasteiger partial charge in [-0.2, -0.15) is 0 Å². The van der Waals surface area contributed by atoms with Crippen LogP contribution in [0.1, 0.15) is 20.8 Å². The molecule has 2 heteroatoms. The van der Waals surface area contributed by atoms with Gasteiger partial charge in [0.1, 0.15) is 0 Å². The van der Waals surface area contributed by atoms with Gasteiger partial charge in [0, 0.05) is 10.6 Å². The first-order valence-corrected chi connectivity index (χ1v) is 5.74. The van der Waals surface area contributed by atoms with Crippen LogP contribution in [0.4, 0.5) is 0 Å². The van der Waals surface area contributed by atoms with Crippen molar-refractivity contribution < 1.29 is 4.21 Å². The lowest BCUT2D eigenvalue weighted by Gasteiger charge is -2.16. The van der Waals surface area contributed by atoms with E-state index in [1.807, 2.05) is 30.3 Å². The molecule has 1 aromatic carbocycles. The molecule has 0 aliphatic carbocycles. The first-order chi connectivity index (χ1) is 5.99. The van der Waals surface area contributed by atoms with Gasteiger partial charge >= 0.3 is 0 Å². The highest BCUT2D eigenvalue weighted by molar-refractivity contribution is 7.85. The van der Waals surface area contributed by atoms with Crippen LogP contribution in [0.25, 0.3) is 0 Å². The van der Waals surface area contributed by atoms with Crippen LogP contribution in [0.3, 0.4) is 0 Å². The van der Waals surface area contributed by atoms with Crippen molar-refractivity contribution in [1.29, 1.82) is 0 Å². The van der Waals surface area contributed by atoms with E-state index in [0.29, 0.717) is 0 Å². The van der Waals surface area contributed by atoms with Crippen LogP contribution in [0, 0.1) is 5.41 Å². The quantitative estimate of drug-likeness (QED) is 0.711. The third-order valence-electron chi connectivity index (χ3n) is 1.57. The summed E-state index contributed by atoms with van der Waals surface area (Å²) in [5.41, 5.74) is 0.126. The maximum absolute atomic E-state index is 11.8. The predicted octanol–water partition coefficient (Wildman–Crippen LogP) is 2.84. The standard InChI is InChI=1S/C11H16OS/c1-11(2,3)9-13(12)10-7-5-4-6-8-10/h4-8H,9H2,1-3H3/t13-/m1/s1. The Labute approximate surface area is 82.6 Å². The largest absolute Gasteiger partial charge is 0.254 e. The summed E-state index contributed by atoms with van der Waals surface area (Å²) in [6, 6.07) is 9.63. The molecule has 0 aliphatic rings. The van der Waals surface area contributed by atoms with Gasteiger partial charge in [-0.15, -0.1) is 0 Å². The molecular formula is C11H16OS. The maximum Gasteiger partial charge on any atom is 0.0534 e. The van der Waals surface area contributed by atoms with Crippen LogP contribution < -0.4 is 0 Å². The van der Waals surface area contributed by atoms with Crippen LogP contribution in [-0.2, 0) is 10.8 Å². The Kier molecular flexibility index (Phi) is 3.26. The van der Waals surface area contributed by atoms with Crippen molar-refractivity contribution in [3.8, 4) is 0 Å². The zero-order valence-electron chi connectivity index (χ0n) is 8.41. The molecule has 0 saturated heterocycles. The number of hydrogen-bond acceptors (Lipinski definition) is 1. The SMILES string of the molecule is CC(C)(C)C[S@@](=O)c1ccccc1. The fourth-order valence-corrected chi connectivity index (χ4v) is 2.46.